The molecule has 0 bridgehead atoms. The first-order valence-corrected chi connectivity index (χ1v) is 7.05. The van der Waals surface area contributed by atoms with Crippen molar-refractivity contribution in [3.05, 3.63) is 26.9 Å². The second kappa shape index (κ2) is 8.06. The van der Waals surface area contributed by atoms with Crippen LogP contribution in [0.25, 0.3) is 0 Å². The maximum atomic E-state index is 10.7. The summed E-state index contributed by atoms with van der Waals surface area (Å²) in [5.41, 5.74) is -0.0341. The van der Waals surface area contributed by atoms with Crippen LogP contribution in [0.3, 0.4) is 0 Å². The summed E-state index contributed by atoms with van der Waals surface area (Å²) in [6, 6.07) is 1.46. The van der Waals surface area contributed by atoms with Crippen LogP contribution in [0.15, 0.2) is 16.7 Å². The van der Waals surface area contributed by atoms with Crippen molar-refractivity contribution in [2.45, 2.75) is 26.2 Å². The molecule has 0 aliphatic heterocycles. The number of pyridine rings is 1. The third-order valence-electron chi connectivity index (χ3n) is 2.69. The van der Waals surface area contributed by atoms with Crippen molar-refractivity contribution < 1.29 is 10.0 Å². The number of aromatic nitrogens is 1. The van der Waals surface area contributed by atoms with Crippen molar-refractivity contribution in [1.82, 2.24) is 4.98 Å². The van der Waals surface area contributed by atoms with Crippen LogP contribution in [0, 0.1) is 10.1 Å². The Morgan fingerprint density at radius 1 is 1.47 bits per heavy atom. The highest BCUT2D eigenvalue weighted by molar-refractivity contribution is 9.10. The van der Waals surface area contributed by atoms with Gasteiger partial charge in [0.2, 0.25) is 0 Å². The number of nitrogens with zero attached hydrogens (tertiary/aromatic N) is 3. The number of hydrogen-bond donors (Lipinski definition) is 1. The van der Waals surface area contributed by atoms with Gasteiger partial charge < -0.3 is 10.0 Å². The molecule has 1 N–H and O–H groups in total. The lowest BCUT2D eigenvalue weighted by Gasteiger charge is -2.24. The predicted octanol–water partition coefficient (Wildman–Crippen LogP) is 2.74. The molecule has 0 radical (unpaired) electrons. The summed E-state index contributed by atoms with van der Waals surface area (Å²) < 4.78 is 0.607. The molecule has 0 spiro atoms. The minimum atomic E-state index is -0.467. The first kappa shape index (κ1) is 15.8. The zero-order valence-electron chi connectivity index (χ0n) is 10.9. The van der Waals surface area contributed by atoms with Crippen molar-refractivity contribution in [3.63, 3.8) is 0 Å². The smallest absolute Gasteiger partial charge is 0.288 e. The van der Waals surface area contributed by atoms with E-state index in [1.54, 1.807) is 0 Å². The minimum Gasteiger partial charge on any atom is -0.396 e. The van der Waals surface area contributed by atoms with E-state index in [0.717, 1.165) is 19.4 Å². The van der Waals surface area contributed by atoms with Gasteiger partial charge in [0.05, 0.1) is 9.40 Å². The van der Waals surface area contributed by atoms with E-state index in [9.17, 15) is 10.1 Å². The molecule has 7 heteroatoms. The Bertz CT molecular complexity index is 421. The Morgan fingerprint density at radius 2 is 2.16 bits per heavy atom. The fourth-order valence-electron chi connectivity index (χ4n) is 1.69. The van der Waals surface area contributed by atoms with E-state index < -0.39 is 4.92 Å². The monoisotopic (exact) mass is 331 g/mol. The van der Waals surface area contributed by atoms with Gasteiger partial charge in [0.15, 0.2) is 0 Å². The van der Waals surface area contributed by atoms with Crippen molar-refractivity contribution in [1.29, 1.82) is 0 Å². The lowest BCUT2D eigenvalue weighted by atomic mass is 10.3. The summed E-state index contributed by atoms with van der Waals surface area (Å²) in [7, 11) is 0. The SMILES string of the molecule is CCCCN(CCCO)c1ncc([N+](=O)[O-])cc1Br. The van der Waals surface area contributed by atoms with E-state index in [-0.39, 0.29) is 12.3 Å². The fourth-order valence-corrected chi connectivity index (χ4v) is 2.27. The minimum absolute atomic E-state index is 0.0341. The average Bonchev–Trinajstić information content (AvgIpc) is 2.39. The van der Waals surface area contributed by atoms with Crippen LogP contribution in [0.2, 0.25) is 0 Å². The highest BCUT2D eigenvalue weighted by atomic mass is 79.9. The summed E-state index contributed by atoms with van der Waals surface area (Å²) >= 11 is 3.33. The highest BCUT2D eigenvalue weighted by Gasteiger charge is 2.15. The molecule has 0 amide bonds. The molecule has 0 saturated heterocycles. The molecular weight excluding hydrogens is 314 g/mol. The first-order chi connectivity index (χ1) is 9.10. The normalized spacial score (nSPS) is 10.5. The number of hydrogen-bond acceptors (Lipinski definition) is 5. The van der Waals surface area contributed by atoms with Crippen LogP contribution >= 0.6 is 15.9 Å². The Kier molecular flexibility index (Phi) is 6.72. The van der Waals surface area contributed by atoms with Gasteiger partial charge >= 0.3 is 0 Å². The number of aliphatic hydroxyl groups is 1. The number of unbranched alkanes of at least 4 members (excludes halogenated alkanes) is 1. The van der Waals surface area contributed by atoms with Crippen LogP contribution < -0.4 is 4.90 Å². The average molecular weight is 332 g/mol. The summed E-state index contributed by atoms with van der Waals surface area (Å²) in [6.45, 7) is 3.72. The molecule has 1 aromatic heterocycles. The summed E-state index contributed by atoms with van der Waals surface area (Å²) in [6.07, 6.45) is 3.98. The zero-order valence-corrected chi connectivity index (χ0v) is 12.5. The standard InChI is InChI=1S/C12H18BrN3O3/c1-2-3-5-15(6-4-7-17)12-11(13)8-10(9-14-12)16(18)19/h8-9,17H,2-7H2,1H3. The molecule has 1 aromatic rings. The van der Waals surface area contributed by atoms with Gasteiger partial charge in [0.1, 0.15) is 12.0 Å². The Labute approximate surface area is 120 Å². The predicted molar refractivity (Wildman–Crippen MR) is 77.4 cm³/mol. The number of anilines is 1. The lowest BCUT2D eigenvalue weighted by molar-refractivity contribution is -0.385. The quantitative estimate of drug-likeness (QED) is 0.585. The van der Waals surface area contributed by atoms with Crippen LogP contribution in [-0.4, -0.2) is 34.7 Å². The molecule has 0 aromatic carbocycles. The van der Waals surface area contributed by atoms with Crippen molar-refractivity contribution >= 4 is 27.4 Å². The van der Waals surface area contributed by atoms with E-state index in [2.05, 4.69) is 27.8 Å². The van der Waals surface area contributed by atoms with Crippen LogP contribution in [0.1, 0.15) is 26.2 Å². The van der Waals surface area contributed by atoms with E-state index in [0.29, 0.717) is 23.3 Å². The fraction of sp³-hybridized carbons (Fsp3) is 0.583. The lowest BCUT2D eigenvalue weighted by Crippen LogP contribution is -2.27. The Hall–Kier alpha value is -1.21. The van der Waals surface area contributed by atoms with Gasteiger partial charge in [-0.15, -0.1) is 0 Å². The van der Waals surface area contributed by atoms with E-state index >= 15 is 0 Å². The second-order valence-electron chi connectivity index (χ2n) is 4.17. The van der Waals surface area contributed by atoms with E-state index in [1.807, 2.05) is 4.90 Å². The van der Waals surface area contributed by atoms with E-state index in [4.69, 9.17) is 5.11 Å². The van der Waals surface area contributed by atoms with Gasteiger partial charge in [0.25, 0.3) is 5.69 Å². The highest BCUT2D eigenvalue weighted by Crippen LogP contribution is 2.27. The van der Waals surface area contributed by atoms with Gasteiger partial charge in [-0.2, -0.15) is 0 Å². The molecule has 1 heterocycles. The number of nitro groups is 1. The molecular formula is C12H18BrN3O3. The zero-order chi connectivity index (χ0) is 14.3. The van der Waals surface area contributed by atoms with Crippen LogP contribution in [0.4, 0.5) is 11.5 Å². The number of aliphatic hydroxyl groups excluding tert-OH is 1. The van der Waals surface area contributed by atoms with Gasteiger partial charge in [-0.1, -0.05) is 13.3 Å². The number of rotatable bonds is 8. The van der Waals surface area contributed by atoms with Gasteiger partial charge in [-0.25, -0.2) is 4.98 Å². The largest absolute Gasteiger partial charge is 0.396 e. The molecule has 106 valence electrons. The molecule has 1 rings (SSSR count). The molecule has 6 nitrogen and oxygen atoms in total. The van der Waals surface area contributed by atoms with Gasteiger partial charge in [-0.3, -0.25) is 10.1 Å². The van der Waals surface area contributed by atoms with Crippen LogP contribution in [-0.2, 0) is 0 Å². The molecule has 19 heavy (non-hydrogen) atoms. The Morgan fingerprint density at radius 3 is 2.68 bits per heavy atom. The van der Waals surface area contributed by atoms with Crippen LogP contribution in [0.5, 0.6) is 0 Å². The molecule has 0 atom stereocenters. The van der Waals surface area contributed by atoms with E-state index in [1.165, 1.54) is 12.3 Å². The van der Waals surface area contributed by atoms with Crippen molar-refractivity contribution in [2.24, 2.45) is 0 Å². The summed E-state index contributed by atoms with van der Waals surface area (Å²) in [5, 5.41) is 19.6. The molecule has 0 aliphatic rings. The molecule has 0 fully saturated rings. The van der Waals surface area contributed by atoms with Crippen molar-refractivity contribution in [2.75, 3.05) is 24.6 Å². The third-order valence-corrected chi connectivity index (χ3v) is 3.27. The first-order valence-electron chi connectivity index (χ1n) is 6.25. The van der Waals surface area contributed by atoms with Gasteiger partial charge in [-0.05, 0) is 28.8 Å². The Balaban J connectivity index is 2.90. The maximum Gasteiger partial charge on any atom is 0.288 e. The summed E-state index contributed by atoms with van der Waals surface area (Å²) in [5.74, 6) is 0.688. The molecule has 0 saturated carbocycles. The van der Waals surface area contributed by atoms with Crippen molar-refractivity contribution in [3.8, 4) is 0 Å². The second-order valence-corrected chi connectivity index (χ2v) is 5.03. The van der Waals surface area contributed by atoms with Gasteiger partial charge in [0, 0.05) is 25.8 Å². The topological polar surface area (TPSA) is 79.5 Å². The molecule has 0 unspecified atom stereocenters. The third kappa shape index (κ3) is 4.76. The summed E-state index contributed by atoms with van der Waals surface area (Å²) in [4.78, 5) is 16.4. The molecule has 0 aliphatic carbocycles. The maximum absolute atomic E-state index is 10.7. The number of halogens is 1.